The number of hydrogen-bond donors (Lipinski definition) is 1. The largest absolute Gasteiger partial charge is 0.321 e. The lowest BCUT2D eigenvalue weighted by Gasteiger charge is -2.43. The van der Waals surface area contributed by atoms with Crippen molar-refractivity contribution in [3.63, 3.8) is 0 Å². The van der Waals surface area contributed by atoms with Crippen molar-refractivity contribution >= 4 is 0 Å². The fourth-order valence-electron chi connectivity index (χ4n) is 3.76. The van der Waals surface area contributed by atoms with Crippen LogP contribution >= 0.6 is 0 Å². The monoisotopic (exact) mass is 265 g/mol. The highest BCUT2D eigenvalue weighted by atomic mass is 14.8. The van der Waals surface area contributed by atoms with Gasteiger partial charge in [0.2, 0.25) is 0 Å². The molecule has 1 aliphatic rings. The molecule has 0 saturated heterocycles. The Morgan fingerprint density at radius 3 is 2.40 bits per heavy atom. The molecule has 0 aliphatic heterocycles. The Morgan fingerprint density at radius 1 is 0.950 bits per heavy atom. The molecular weight excluding hydrogens is 242 g/mol. The highest BCUT2D eigenvalue weighted by Gasteiger charge is 2.40. The first kappa shape index (κ1) is 13.4. The van der Waals surface area contributed by atoms with Crippen LogP contribution in [0.25, 0.3) is 0 Å². The predicted octanol–water partition coefficient (Wildman–Crippen LogP) is 4.51. The van der Waals surface area contributed by atoms with Gasteiger partial charge in [-0.1, -0.05) is 67.4 Å². The van der Waals surface area contributed by atoms with E-state index in [9.17, 15) is 0 Å². The van der Waals surface area contributed by atoms with Gasteiger partial charge in [0.15, 0.2) is 0 Å². The van der Waals surface area contributed by atoms with Crippen molar-refractivity contribution in [2.75, 3.05) is 0 Å². The summed E-state index contributed by atoms with van der Waals surface area (Å²) in [7, 11) is 0. The predicted molar refractivity (Wildman–Crippen MR) is 84.7 cm³/mol. The molecule has 2 aromatic rings. The summed E-state index contributed by atoms with van der Waals surface area (Å²) in [5.74, 6) is 0.429. The van der Waals surface area contributed by atoms with Crippen LogP contribution in [0.4, 0.5) is 0 Å². The third-order valence-corrected chi connectivity index (χ3v) is 4.80. The lowest BCUT2D eigenvalue weighted by Crippen LogP contribution is -2.45. The van der Waals surface area contributed by atoms with E-state index < -0.39 is 0 Å². The fraction of sp³-hybridized carbons (Fsp3) is 0.368. The molecule has 1 nitrogen and oxygen atoms in total. The third-order valence-electron chi connectivity index (χ3n) is 4.80. The second-order valence-corrected chi connectivity index (χ2v) is 6.06. The maximum atomic E-state index is 6.96. The van der Waals surface area contributed by atoms with Crippen molar-refractivity contribution in [2.24, 2.45) is 5.73 Å². The van der Waals surface area contributed by atoms with Crippen molar-refractivity contribution in [1.29, 1.82) is 0 Å². The Bertz CT molecular complexity index is 575. The topological polar surface area (TPSA) is 26.0 Å². The van der Waals surface area contributed by atoms with Crippen molar-refractivity contribution in [2.45, 2.75) is 44.1 Å². The minimum atomic E-state index is -0.217. The van der Waals surface area contributed by atoms with Crippen LogP contribution in [-0.4, -0.2) is 0 Å². The minimum absolute atomic E-state index is 0.217. The molecule has 2 N–H and O–H groups in total. The molecular formula is C19H23N. The molecule has 2 aromatic carbocycles. The van der Waals surface area contributed by atoms with E-state index in [0.717, 1.165) is 6.42 Å². The van der Waals surface area contributed by atoms with Gasteiger partial charge in [-0.3, -0.25) is 0 Å². The van der Waals surface area contributed by atoms with Gasteiger partial charge < -0.3 is 5.73 Å². The molecule has 104 valence electrons. The summed E-state index contributed by atoms with van der Waals surface area (Å²) in [4.78, 5) is 0. The van der Waals surface area contributed by atoms with E-state index in [2.05, 4.69) is 61.5 Å². The Hall–Kier alpha value is -1.60. The zero-order valence-electron chi connectivity index (χ0n) is 12.2. The Kier molecular flexibility index (Phi) is 3.62. The number of rotatable bonds is 2. The average Bonchev–Trinajstić information content (AvgIpc) is 2.49. The molecule has 0 amide bonds. The molecule has 0 radical (unpaired) electrons. The van der Waals surface area contributed by atoms with Crippen LogP contribution in [0.1, 0.15) is 48.3 Å². The summed E-state index contributed by atoms with van der Waals surface area (Å²) >= 11 is 0. The lowest BCUT2D eigenvalue weighted by atomic mass is 9.66. The second-order valence-electron chi connectivity index (χ2n) is 6.06. The van der Waals surface area contributed by atoms with Gasteiger partial charge in [-0.15, -0.1) is 0 Å². The van der Waals surface area contributed by atoms with Gasteiger partial charge >= 0.3 is 0 Å². The quantitative estimate of drug-likeness (QED) is 0.849. The minimum Gasteiger partial charge on any atom is -0.321 e. The zero-order chi connectivity index (χ0) is 14.0. The van der Waals surface area contributed by atoms with Crippen molar-refractivity contribution in [3.05, 3.63) is 71.3 Å². The van der Waals surface area contributed by atoms with E-state index in [1.54, 1.807) is 0 Å². The smallest absolute Gasteiger partial charge is 0.0481 e. The number of nitrogens with two attached hydrogens (primary N) is 1. The van der Waals surface area contributed by atoms with Gasteiger partial charge in [-0.2, -0.15) is 0 Å². The summed E-state index contributed by atoms with van der Waals surface area (Å²) in [5.41, 5.74) is 10.8. The molecule has 1 aliphatic carbocycles. The molecule has 2 unspecified atom stereocenters. The van der Waals surface area contributed by atoms with Gasteiger partial charge in [0.05, 0.1) is 0 Å². The van der Waals surface area contributed by atoms with E-state index >= 15 is 0 Å². The van der Waals surface area contributed by atoms with E-state index in [1.807, 2.05) is 0 Å². The molecule has 20 heavy (non-hydrogen) atoms. The molecule has 0 bridgehead atoms. The van der Waals surface area contributed by atoms with E-state index in [1.165, 1.54) is 36.0 Å². The highest BCUT2D eigenvalue weighted by molar-refractivity contribution is 5.38. The first-order valence-electron chi connectivity index (χ1n) is 7.62. The summed E-state index contributed by atoms with van der Waals surface area (Å²) in [5, 5.41) is 0. The molecule has 2 atom stereocenters. The molecule has 1 heteroatoms. The van der Waals surface area contributed by atoms with Crippen LogP contribution in [0.15, 0.2) is 54.6 Å². The summed E-state index contributed by atoms with van der Waals surface area (Å²) in [6, 6.07) is 19.4. The first-order chi connectivity index (χ1) is 9.72. The summed E-state index contributed by atoms with van der Waals surface area (Å²) < 4.78 is 0. The molecule has 1 saturated carbocycles. The first-order valence-corrected chi connectivity index (χ1v) is 7.62. The van der Waals surface area contributed by atoms with Crippen LogP contribution in [0, 0.1) is 6.92 Å². The third kappa shape index (κ3) is 2.27. The van der Waals surface area contributed by atoms with Crippen LogP contribution in [0.5, 0.6) is 0 Å². The van der Waals surface area contributed by atoms with Crippen LogP contribution in [-0.2, 0) is 5.54 Å². The van der Waals surface area contributed by atoms with Crippen molar-refractivity contribution in [1.82, 2.24) is 0 Å². The van der Waals surface area contributed by atoms with Crippen LogP contribution in [0.2, 0.25) is 0 Å². The van der Waals surface area contributed by atoms with Crippen molar-refractivity contribution in [3.8, 4) is 0 Å². The number of hydrogen-bond acceptors (Lipinski definition) is 1. The maximum Gasteiger partial charge on any atom is 0.0481 e. The fourth-order valence-corrected chi connectivity index (χ4v) is 3.76. The Labute approximate surface area is 121 Å². The van der Waals surface area contributed by atoms with Gasteiger partial charge in [0.1, 0.15) is 0 Å². The van der Waals surface area contributed by atoms with Gasteiger partial charge in [-0.25, -0.2) is 0 Å². The Morgan fingerprint density at radius 2 is 1.65 bits per heavy atom. The van der Waals surface area contributed by atoms with Gasteiger partial charge in [0.25, 0.3) is 0 Å². The number of benzene rings is 2. The molecule has 1 fully saturated rings. The van der Waals surface area contributed by atoms with Gasteiger partial charge in [0, 0.05) is 11.5 Å². The second kappa shape index (κ2) is 5.41. The lowest BCUT2D eigenvalue weighted by molar-refractivity contribution is 0.253. The standard InChI is InChI=1S/C19H23N/c1-15-9-5-6-12-17(15)19(20)14-8-7-13-18(19)16-10-3-2-4-11-16/h2-6,9-12,18H,7-8,13-14,20H2,1H3. The average molecular weight is 265 g/mol. The van der Waals surface area contributed by atoms with E-state index in [4.69, 9.17) is 5.73 Å². The van der Waals surface area contributed by atoms with E-state index in [-0.39, 0.29) is 5.54 Å². The molecule has 0 aromatic heterocycles. The summed E-state index contributed by atoms with van der Waals surface area (Å²) in [6.07, 6.45) is 4.78. The zero-order valence-corrected chi connectivity index (χ0v) is 12.2. The highest BCUT2D eigenvalue weighted by Crippen LogP contribution is 2.46. The maximum absolute atomic E-state index is 6.96. The van der Waals surface area contributed by atoms with Crippen LogP contribution < -0.4 is 5.73 Å². The summed E-state index contributed by atoms with van der Waals surface area (Å²) in [6.45, 7) is 2.18. The van der Waals surface area contributed by atoms with Gasteiger partial charge in [-0.05, 0) is 36.5 Å². The van der Waals surface area contributed by atoms with Crippen LogP contribution in [0.3, 0.4) is 0 Å². The number of aryl methyl sites for hydroxylation is 1. The SMILES string of the molecule is Cc1ccccc1C1(N)CCCCC1c1ccccc1. The van der Waals surface area contributed by atoms with Crippen molar-refractivity contribution < 1.29 is 0 Å². The Balaban J connectivity index is 2.06. The molecule has 0 spiro atoms. The molecule has 3 rings (SSSR count). The molecule has 0 heterocycles. The normalized spacial score (nSPS) is 26.4. The van der Waals surface area contributed by atoms with E-state index in [0.29, 0.717) is 5.92 Å².